The zero-order valence-electron chi connectivity index (χ0n) is 16.8. The number of hydrogen-bond acceptors (Lipinski definition) is 4. The Morgan fingerprint density at radius 3 is 2.32 bits per heavy atom. The minimum Gasteiger partial charge on any atom is -0.404 e. The molecule has 4 N–H and O–H groups in total. The van der Waals surface area contributed by atoms with Gasteiger partial charge in [0.15, 0.2) is 11.7 Å². The van der Waals surface area contributed by atoms with Gasteiger partial charge in [0.05, 0.1) is 17.1 Å². The van der Waals surface area contributed by atoms with Crippen LogP contribution in [0.3, 0.4) is 0 Å². The van der Waals surface area contributed by atoms with Crippen molar-refractivity contribution in [3.05, 3.63) is 54.1 Å². The summed E-state index contributed by atoms with van der Waals surface area (Å²) in [5, 5.41) is 2.56. The molecule has 0 aliphatic rings. The number of hydrogen-bond donors (Lipinski definition) is 3. The van der Waals surface area contributed by atoms with Crippen LogP contribution in [0.5, 0.6) is 5.75 Å². The van der Waals surface area contributed by atoms with Gasteiger partial charge in [-0.1, -0.05) is 38.1 Å². The van der Waals surface area contributed by atoms with Gasteiger partial charge >= 0.3 is 6.36 Å². The van der Waals surface area contributed by atoms with E-state index in [1.54, 1.807) is 12.1 Å². The van der Waals surface area contributed by atoms with Crippen molar-refractivity contribution in [1.29, 1.82) is 0 Å². The highest BCUT2D eigenvalue weighted by atomic mass is 127. The summed E-state index contributed by atoms with van der Waals surface area (Å²) in [5.74, 6) is -0.384. The first-order valence-corrected chi connectivity index (χ1v) is 10.4. The quantitative estimate of drug-likeness (QED) is 0.252. The van der Waals surface area contributed by atoms with Crippen molar-refractivity contribution in [3.63, 3.8) is 0 Å². The Labute approximate surface area is 196 Å². The zero-order valence-corrected chi connectivity index (χ0v) is 20.0. The standard InChI is InChI=1S/C19H23F3N4O3S.HI/c1-13(2)11-25-30(27,28)15-9-7-14(8-10-15)12-24-18(23)26-16-5-3-4-6-17(16)29-19(20,21)22;/h3-10,13,25H,11-12H2,1-2H3,(H3,23,24,26);1H. The molecule has 172 valence electrons. The van der Waals surface area contributed by atoms with E-state index in [1.165, 1.54) is 30.3 Å². The molecule has 0 spiro atoms. The van der Waals surface area contributed by atoms with Crippen LogP contribution in [0.4, 0.5) is 18.9 Å². The second-order valence-electron chi connectivity index (χ2n) is 6.76. The van der Waals surface area contributed by atoms with E-state index < -0.39 is 22.1 Å². The fraction of sp³-hybridized carbons (Fsp3) is 0.316. The molecule has 0 saturated carbocycles. The Morgan fingerprint density at radius 2 is 1.74 bits per heavy atom. The first-order valence-electron chi connectivity index (χ1n) is 8.96. The number of alkyl halides is 3. The van der Waals surface area contributed by atoms with E-state index in [0.717, 1.165) is 6.07 Å². The maximum Gasteiger partial charge on any atom is 0.573 e. The van der Waals surface area contributed by atoms with Gasteiger partial charge in [-0.3, -0.25) is 0 Å². The predicted molar refractivity (Wildman–Crippen MR) is 124 cm³/mol. The van der Waals surface area contributed by atoms with Crippen LogP contribution in [-0.2, 0) is 16.6 Å². The van der Waals surface area contributed by atoms with Crippen molar-refractivity contribution < 1.29 is 26.3 Å². The Kier molecular flexibility index (Phi) is 10.0. The highest BCUT2D eigenvalue weighted by Crippen LogP contribution is 2.29. The molecule has 2 aromatic carbocycles. The number of aliphatic imine (C=N–C) groups is 1. The molecule has 12 heteroatoms. The summed E-state index contributed by atoms with van der Waals surface area (Å²) in [4.78, 5) is 4.19. The molecule has 0 radical (unpaired) electrons. The third-order valence-corrected chi connectivity index (χ3v) is 5.16. The van der Waals surface area contributed by atoms with Crippen molar-refractivity contribution in [3.8, 4) is 5.75 Å². The monoisotopic (exact) mass is 572 g/mol. The summed E-state index contributed by atoms with van der Waals surface area (Å²) in [7, 11) is -3.59. The van der Waals surface area contributed by atoms with Gasteiger partial charge in [0, 0.05) is 6.54 Å². The van der Waals surface area contributed by atoms with Crippen LogP contribution >= 0.6 is 24.0 Å². The molecule has 0 amide bonds. The van der Waals surface area contributed by atoms with E-state index in [9.17, 15) is 21.6 Å². The molecular weight excluding hydrogens is 548 g/mol. The minimum absolute atomic E-state index is 0. The lowest BCUT2D eigenvalue weighted by atomic mass is 10.2. The lowest BCUT2D eigenvalue weighted by Crippen LogP contribution is -2.27. The number of nitrogens with one attached hydrogen (secondary N) is 2. The molecule has 0 unspecified atom stereocenters. The lowest BCUT2D eigenvalue weighted by molar-refractivity contribution is -0.274. The molecule has 0 aliphatic carbocycles. The van der Waals surface area contributed by atoms with Crippen molar-refractivity contribution in [2.75, 3.05) is 11.9 Å². The number of halogens is 4. The topological polar surface area (TPSA) is 106 Å². The Balaban J connectivity index is 0.00000480. The normalized spacial score (nSPS) is 12.4. The first-order chi connectivity index (χ1) is 14.0. The van der Waals surface area contributed by atoms with E-state index >= 15 is 0 Å². The van der Waals surface area contributed by atoms with Crippen LogP contribution < -0.4 is 20.5 Å². The number of rotatable bonds is 8. The summed E-state index contributed by atoms with van der Waals surface area (Å²) in [6.45, 7) is 4.22. The summed E-state index contributed by atoms with van der Waals surface area (Å²) >= 11 is 0. The molecule has 31 heavy (non-hydrogen) atoms. The van der Waals surface area contributed by atoms with Crippen LogP contribution in [0, 0.1) is 5.92 Å². The van der Waals surface area contributed by atoms with Gasteiger partial charge in [-0.05, 0) is 35.7 Å². The van der Waals surface area contributed by atoms with Crippen LogP contribution in [0.15, 0.2) is 58.4 Å². The van der Waals surface area contributed by atoms with E-state index in [1.807, 2.05) is 13.8 Å². The maximum absolute atomic E-state index is 12.5. The SMILES string of the molecule is CC(C)CNS(=O)(=O)c1ccc(CN=C(N)Nc2ccccc2OC(F)(F)F)cc1.I. The highest BCUT2D eigenvalue weighted by Gasteiger charge is 2.32. The Bertz CT molecular complexity index is 982. The first kappa shape index (κ1) is 27.0. The van der Waals surface area contributed by atoms with Crippen LogP contribution in [0.1, 0.15) is 19.4 Å². The summed E-state index contributed by atoms with van der Waals surface area (Å²) in [6, 6.07) is 11.5. The lowest BCUT2D eigenvalue weighted by Gasteiger charge is -2.14. The second kappa shape index (κ2) is 11.5. The predicted octanol–water partition coefficient (Wildman–Crippen LogP) is 4.06. The third-order valence-electron chi connectivity index (χ3n) is 3.72. The smallest absolute Gasteiger partial charge is 0.404 e. The molecular formula is C19H24F3IN4O3S. The zero-order chi connectivity index (χ0) is 22.4. The van der Waals surface area contributed by atoms with Crippen molar-refractivity contribution in [1.82, 2.24) is 4.72 Å². The molecule has 0 aromatic heterocycles. The van der Waals surface area contributed by atoms with E-state index in [0.29, 0.717) is 12.1 Å². The molecule has 0 atom stereocenters. The van der Waals surface area contributed by atoms with Gasteiger partial charge in [0.1, 0.15) is 0 Å². The number of nitrogens with zero attached hydrogens (tertiary/aromatic N) is 1. The molecule has 0 heterocycles. The van der Waals surface area contributed by atoms with Gasteiger partial charge in [-0.2, -0.15) is 0 Å². The van der Waals surface area contributed by atoms with Crippen molar-refractivity contribution >= 4 is 45.6 Å². The van der Waals surface area contributed by atoms with Gasteiger partial charge in [-0.25, -0.2) is 18.1 Å². The number of sulfonamides is 1. The van der Waals surface area contributed by atoms with Gasteiger partial charge in [0.2, 0.25) is 10.0 Å². The largest absolute Gasteiger partial charge is 0.573 e. The van der Waals surface area contributed by atoms with Gasteiger partial charge < -0.3 is 15.8 Å². The van der Waals surface area contributed by atoms with Crippen LogP contribution in [-0.4, -0.2) is 27.3 Å². The number of benzene rings is 2. The number of anilines is 1. The van der Waals surface area contributed by atoms with Crippen LogP contribution in [0.25, 0.3) is 0 Å². The number of ether oxygens (including phenoxy) is 1. The molecule has 0 bridgehead atoms. The molecule has 0 saturated heterocycles. The maximum atomic E-state index is 12.5. The van der Waals surface area contributed by atoms with Crippen LogP contribution in [0.2, 0.25) is 0 Å². The van der Waals surface area contributed by atoms with E-state index in [4.69, 9.17) is 5.73 Å². The molecule has 0 fully saturated rings. The van der Waals surface area contributed by atoms with E-state index in [-0.39, 0.29) is 53.0 Å². The second-order valence-corrected chi connectivity index (χ2v) is 8.53. The number of guanidine groups is 1. The molecule has 2 rings (SSSR count). The average molecular weight is 572 g/mol. The summed E-state index contributed by atoms with van der Waals surface area (Å²) in [5.41, 5.74) is 6.43. The average Bonchev–Trinajstić information content (AvgIpc) is 2.66. The fourth-order valence-corrected chi connectivity index (χ4v) is 3.49. The van der Waals surface area contributed by atoms with Gasteiger partial charge in [0.25, 0.3) is 0 Å². The van der Waals surface area contributed by atoms with Crippen molar-refractivity contribution in [2.24, 2.45) is 16.6 Å². The highest BCUT2D eigenvalue weighted by molar-refractivity contribution is 14.0. The number of nitrogens with two attached hydrogens (primary N) is 1. The minimum atomic E-state index is -4.84. The summed E-state index contributed by atoms with van der Waals surface area (Å²) in [6.07, 6.45) is -4.84. The Morgan fingerprint density at radius 1 is 1.13 bits per heavy atom. The molecule has 7 nitrogen and oxygen atoms in total. The number of para-hydroxylation sites is 2. The van der Waals surface area contributed by atoms with E-state index in [2.05, 4.69) is 19.8 Å². The fourth-order valence-electron chi connectivity index (χ4n) is 2.27. The molecule has 2 aromatic rings. The van der Waals surface area contributed by atoms with Gasteiger partial charge in [-0.15, -0.1) is 37.1 Å². The third kappa shape index (κ3) is 9.31. The Hall–Kier alpha value is -2.06. The molecule has 0 aliphatic heterocycles. The van der Waals surface area contributed by atoms with Crippen molar-refractivity contribution in [2.45, 2.75) is 31.7 Å². The summed E-state index contributed by atoms with van der Waals surface area (Å²) < 4.78 is 68.3.